The molecule has 10 heavy (non-hydrogen) atoms. The summed E-state index contributed by atoms with van der Waals surface area (Å²) in [5, 5.41) is 3.66. The summed E-state index contributed by atoms with van der Waals surface area (Å²) < 4.78 is 0. The highest BCUT2D eigenvalue weighted by molar-refractivity contribution is 8.01. The third-order valence-electron chi connectivity index (χ3n) is 1.62. The maximum Gasteiger partial charge on any atom is 0.233 e. The van der Waals surface area contributed by atoms with Gasteiger partial charge in [0, 0.05) is 11.8 Å². The van der Waals surface area contributed by atoms with E-state index in [-0.39, 0.29) is 11.2 Å². The van der Waals surface area contributed by atoms with Gasteiger partial charge < -0.3 is 5.32 Å². The molecule has 3 heteroatoms. The normalized spacial score (nSPS) is 33.6. The molecule has 2 unspecified atom stereocenters. The summed E-state index contributed by atoms with van der Waals surface area (Å²) in [6.45, 7) is 5.03. The summed E-state index contributed by atoms with van der Waals surface area (Å²) >= 11 is 1.78. The van der Waals surface area contributed by atoms with E-state index in [1.807, 2.05) is 0 Å². The van der Waals surface area contributed by atoms with Crippen molar-refractivity contribution in [3.05, 3.63) is 0 Å². The van der Waals surface area contributed by atoms with Crippen molar-refractivity contribution in [2.24, 2.45) is 0 Å². The number of carbonyl (C=O) groups is 1. The van der Waals surface area contributed by atoms with E-state index >= 15 is 0 Å². The van der Waals surface area contributed by atoms with Crippen molar-refractivity contribution in [1.82, 2.24) is 5.32 Å². The molecule has 0 bridgehead atoms. The van der Waals surface area contributed by atoms with Gasteiger partial charge in [-0.1, -0.05) is 13.8 Å². The van der Waals surface area contributed by atoms with Crippen molar-refractivity contribution >= 4 is 17.7 Å². The Labute approximate surface area is 65.8 Å². The minimum absolute atomic E-state index is 0.198. The summed E-state index contributed by atoms with van der Waals surface area (Å²) in [6, 6.07) is 0. The van der Waals surface area contributed by atoms with Gasteiger partial charge in [0.05, 0.1) is 5.25 Å². The predicted molar refractivity (Wildman–Crippen MR) is 44.1 cm³/mol. The number of nitrogens with one attached hydrogen (secondary N) is 1. The first kappa shape index (κ1) is 7.92. The smallest absolute Gasteiger partial charge is 0.233 e. The first-order chi connectivity index (χ1) is 4.74. The molecule has 0 aromatic heterocycles. The van der Waals surface area contributed by atoms with Crippen molar-refractivity contribution in [2.45, 2.75) is 30.8 Å². The molecule has 0 spiro atoms. The van der Waals surface area contributed by atoms with Crippen molar-refractivity contribution in [1.29, 1.82) is 0 Å². The molecule has 1 N–H and O–H groups in total. The molecule has 0 aromatic carbocycles. The van der Waals surface area contributed by atoms with Gasteiger partial charge in [-0.15, -0.1) is 11.8 Å². The highest BCUT2D eigenvalue weighted by Gasteiger charge is 2.24. The number of amides is 1. The van der Waals surface area contributed by atoms with Crippen LogP contribution in [-0.4, -0.2) is 23.0 Å². The Bertz CT molecular complexity index is 138. The molecule has 1 aliphatic heterocycles. The molecule has 0 radical (unpaired) electrons. The molecule has 58 valence electrons. The molecule has 2 nitrogen and oxygen atoms in total. The average Bonchev–Trinajstić information content (AvgIpc) is 1.94. The van der Waals surface area contributed by atoms with Crippen molar-refractivity contribution in [2.75, 3.05) is 6.54 Å². The zero-order valence-corrected chi connectivity index (χ0v) is 7.20. The van der Waals surface area contributed by atoms with Crippen LogP contribution < -0.4 is 5.32 Å². The van der Waals surface area contributed by atoms with Gasteiger partial charge in [0.2, 0.25) is 5.91 Å². The van der Waals surface area contributed by atoms with Crippen LogP contribution in [0.2, 0.25) is 0 Å². The number of hydrogen-bond donors (Lipinski definition) is 1. The van der Waals surface area contributed by atoms with Crippen molar-refractivity contribution < 1.29 is 4.79 Å². The van der Waals surface area contributed by atoms with Crippen LogP contribution in [0.1, 0.15) is 20.3 Å². The van der Waals surface area contributed by atoms with Gasteiger partial charge in [0.1, 0.15) is 0 Å². The van der Waals surface area contributed by atoms with Crippen LogP contribution in [0.4, 0.5) is 0 Å². The van der Waals surface area contributed by atoms with E-state index in [0.717, 1.165) is 13.0 Å². The average molecular weight is 159 g/mol. The van der Waals surface area contributed by atoms with Gasteiger partial charge >= 0.3 is 0 Å². The highest BCUT2D eigenvalue weighted by Crippen LogP contribution is 2.23. The fourth-order valence-corrected chi connectivity index (χ4v) is 2.17. The topological polar surface area (TPSA) is 29.1 Å². The summed E-state index contributed by atoms with van der Waals surface area (Å²) in [4.78, 5) is 11.0. The van der Waals surface area contributed by atoms with Crippen LogP contribution in [0.25, 0.3) is 0 Å². The molecular weight excluding hydrogens is 146 g/mol. The van der Waals surface area contributed by atoms with E-state index in [1.54, 1.807) is 11.8 Å². The second-order valence-corrected chi connectivity index (χ2v) is 4.23. The van der Waals surface area contributed by atoms with Crippen LogP contribution in [0.3, 0.4) is 0 Å². The zero-order chi connectivity index (χ0) is 7.56. The Balaban J connectivity index is 2.45. The van der Waals surface area contributed by atoms with E-state index < -0.39 is 0 Å². The molecule has 1 rings (SSSR count). The Morgan fingerprint density at radius 1 is 1.80 bits per heavy atom. The second kappa shape index (κ2) is 3.28. The summed E-state index contributed by atoms with van der Waals surface area (Å²) in [5.41, 5.74) is 0. The third kappa shape index (κ3) is 1.66. The fourth-order valence-electron chi connectivity index (χ4n) is 1.03. The van der Waals surface area contributed by atoms with Gasteiger partial charge in [0.15, 0.2) is 0 Å². The number of hydrogen-bond acceptors (Lipinski definition) is 2. The summed E-state index contributed by atoms with van der Waals surface area (Å²) in [5.74, 6) is 0.214. The van der Waals surface area contributed by atoms with E-state index in [1.165, 1.54) is 0 Å². The molecule has 1 aliphatic rings. The van der Waals surface area contributed by atoms with Crippen LogP contribution in [-0.2, 0) is 4.79 Å². The third-order valence-corrected chi connectivity index (χ3v) is 3.13. The lowest BCUT2D eigenvalue weighted by atomic mass is 10.3. The van der Waals surface area contributed by atoms with Crippen LogP contribution >= 0.6 is 11.8 Å². The Hall–Kier alpha value is -0.180. The molecule has 1 saturated heterocycles. The van der Waals surface area contributed by atoms with E-state index in [0.29, 0.717) is 5.25 Å². The predicted octanol–water partition coefficient (Wildman–Crippen LogP) is 1.02. The fraction of sp³-hybridized carbons (Fsp3) is 0.857. The minimum atomic E-state index is 0.198. The summed E-state index contributed by atoms with van der Waals surface area (Å²) in [6.07, 6.45) is 0.945. The van der Waals surface area contributed by atoms with E-state index in [9.17, 15) is 4.79 Å². The van der Waals surface area contributed by atoms with E-state index in [4.69, 9.17) is 0 Å². The van der Waals surface area contributed by atoms with Crippen molar-refractivity contribution in [3.63, 3.8) is 0 Å². The molecule has 0 aromatic rings. The quantitative estimate of drug-likeness (QED) is 0.619. The maximum atomic E-state index is 11.0. The van der Waals surface area contributed by atoms with Gasteiger partial charge in [-0.25, -0.2) is 0 Å². The number of thioether (sulfide) groups is 1. The number of rotatable bonds is 1. The van der Waals surface area contributed by atoms with Crippen LogP contribution in [0.5, 0.6) is 0 Å². The Kier molecular flexibility index (Phi) is 2.60. The highest BCUT2D eigenvalue weighted by atomic mass is 32.2. The first-order valence-electron chi connectivity index (χ1n) is 3.67. The molecule has 2 atom stereocenters. The first-order valence-corrected chi connectivity index (χ1v) is 4.61. The Morgan fingerprint density at radius 2 is 2.50 bits per heavy atom. The van der Waals surface area contributed by atoms with Crippen LogP contribution in [0, 0.1) is 0 Å². The maximum absolute atomic E-state index is 11.0. The Morgan fingerprint density at radius 3 is 3.00 bits per heavy atom. The van der Waals surface area contributed by atoms with Gasteiger partial charge in [0.25, 0.3) is 0 Å². The molecular formula is C7H13NOS. The molecule has 1 heterocycles. The lowest BCUT2D eigenvalue weighted by Crippen LogP contribution is -2.42. The van der Waals surface area contributed by atoms with Gasteiger partial charge in [-0.2, -0.15) is 0 Å². The monoisotopic (exact) mass is 159 g/mol. The molecule has 0 aliphatic carbocycles. The standard InChI is InChI=1S/C7H13NOS/c1-3-6-7(9)8-4-5(2)10-6/h5-6H,3-4H2,1-2H3,(H,8,9). The minimum Gasteiger partial charge on any atom is -0.354 e. The van der Waals surface area contributed by atoms with E-state index in [2.05, 4.69) is 19.2 Å². The van der Waals surface area contributed by atoms with Crippen LogP contribution in [0.15, 0.2) is 0 Å². The largest absolute Gasteiger partial charge is 0.354 e. The molecule has 1 fully saturated rings. The summed E-state index contributed by atoms with van der Waals surface area (Å²) in [7, 11) is 0. The molecule has 1 amide bonds. The number of carbonyl (C=O) groups excluding carboxylic acids is 1. The van der Waals surface area contributed by atoms with Gasteiger partial charge in [-0.3, -0.25) is 4.79 Å². The zero-order valence-electron chi connectivity index (χ0n) is 6.39. The SMILES string of the molecule is CCC1SC(C)CNC1=O. The lowest BCUT2D eigenvalue weighted by molar-refractivity contribution is -0.120. The van der Waals surface area contributed by atoms with Gasteiger partial charge in [-0.05, 0) is 6.42 Å². The second-order valence-electron chi connectivity index (χ2n) is 2.59. The lowest BCUT2D eigenvalue weighted by Gasteiger charge is -2.25. The molecule has 0 saturated carbocycles. The van der Waals surface area contributed by atoms with Crippen molar-refractivity contribution in [3.8, 4) is 0 Å².